The van der Waals surface area contributed by atoms with Crippen LogP contribution < -0.4 is 20.7 Å². The minimum atomic E-state index is -0.648. The number of nitrogens with one attached hydrogen (secondary N) is 1. The molecule has 1 N–H and O–H groups in total. The number of pyridine rings is 1. The first-order valence-corrected chi connectivity index (χ1v) is 10.8. The van der Waals surface area contributed by atoms with Crippen LogP contribution in [0.1, 0.15) is 12.0 Å². The molecule has 33 heavy (non-hydrogen) atoms. The van der Waals surface area contributed by atoms with Crippen LogP contribution in [0.5, 0.6) is 0 Å². The van der Waals surface area contributed by atoms with Gasteiger partial charge in [-0.15, -0.1) is 0 Å². The third-order valence-electron chi connectivity index (χ3n) is 5.75. The average molecular weight is 448 g/mol. The Kier molecular flexibility index (Phi) is 6.38. The van der Waals surface area contributed by atoms with E-state index in [-0.39, 0.29) is 11.1 Å². The zero-order valence-electron chi connectivity index (χ0n) is 19.0. The number of benzene rings is 1. The first-order valence-electron chi connectivity index (χ1n) is 10.8. The molecule has 0 radical (unpaired) electrons. The molecule has 1 aliphatic heterocycles. The van der Waals surface area contributed by atoms with Crippen LogP contribution in [0, 0.1) is 17.1 Å². The van der Waals surface area contributed by atoms with E-state index >= 15 is 0 Å². The average Bonchev–Trinajstić information content (AvgIpc) is 3.10. The number of hydrogen-bond acceptors (Lipinski definition) is 7. The predicted octanol–water partition coefficient (Wildman–Crippen LogP) is 2.39. The summed E-state index contributed by atoms with van der Waals surface area (Å²) in [6, 6.07) is 9.78. The van der Waals surface area contributed by atoms with E-state index in [4.69, 9.17) is 10.2 Å². The summed E-state index contributed by atoms with van der Waals surface area (Å²) < 4.78 is 16.1. The van der Waals surface area contributed by atoms with E-state index in [2.05, 4.69) is 15.2 Å². The molecule has 2 aromatic heterocycles. The summed E-state index contributed by atoms with van der Waals surface area (Å²) in [6.07, 6.45) is 2.56. The molecular weight excluding hydrogens is 421 g/mol. The van der Waals surface area contributed by atoms with E-state index in [1.165, 1.54) is 12.1 Å². The van der Waals surface area contributed by atoms with Gasteiger partial charge in [-0.05, 0) is 37.2 Å². The van der Waals surface area contributed by atoms with Crippen LogP contribution >= 0.6 is 0 Å². The number of hydrogen-bond donors (Lipinski definition) is 1. The van der Waals surface area contributed by atoms with Gasteiger partial charge in [-0.25, -0.2) is 14.4 Å². The van der Waals surface area contributed by atoms with Crippen molar-refractivity contribution in [2.75, 3.05) is 50.1 Å². The van der Waals surface area contributed by atoms with Gasteiger partial charge in [0.25, 0.3) is 5.56 Å². The summed E-state index contributed by atoms with van der Waals surface area (Å²) in [5.74, 6) is 0.637. The van der Waals surface area contributed by atoms with Crippen LogP contribution in [-0.2, 0) is 7.05 Å². The number of anilines is 2. The van der Waals surface area contributed by atoms with Crippen molar-refractivity contribution >= 4 is 11.8 Å². The van der Waals surface area contributed by atoms with Gasteiger partial charge in [0.2, 0.25) is 5.95 Å². The second-order valence-corrected chi connectivity index (χ2v) is 8.20. The Morgan fingerprint density at radius 2 is 1.94 bits per heavy atom. The molecule has 1 aromatic carbocycles. The molecule has 170 valence electrons. The normalized spacial score (nSPS) is 14.0. The van der Waals surface area contributed by atoms with Crippen molar-refractivity contribution < 1.29 is 4.39 Å². The van der Waals surface area contributed by atoms with Crippen LogP contribution in [-0.4, -0.2) is 54.8 Å². The first-order chi connectivity index (χ1) is 15.9. The monoisotopic (exact) mass is 447 g/mol. The standard InChI is InChI=1S/C24H26FN7O/c1-30(2)20-8-7-18(15-28-20)21-22(16-5-6-17(14-26)19(25)13-16)29-24(31(3)23(21)33)32-11-4-9-27-10-12-32/h5-8,13,15,27H,4,9-12H2,1-3H3. The van der Waals surface area contributed by atoms with Gasteiger partial charge in [0.1, 0.15) is 17.7 Å². The van der Waals surface area contributed by atoms with E-state index in [1.807, 2.05) is 37.2 Å². The van der Waals surface area contributed by atoms with Crippen LogP contribution in [0.3, 0.4) is 0 Å². The Morgan fingerprint density at radius 3 is 2.61 bits per heavy atom. The minimum absolute atomic E-state index is 0.0556. The molecule has 1 saturated heterocycles. The van der Waals surface area contributed by atoms with E-state index in [0.717, 1.165) is 31.9 Å². The highest BCUT2D eigenvalue weighted by molar-refractivity contribution is 5.81. The van der Waals surface area contributed by atoms with E-state index < -0.39 is 5.82 Å². The van der Waals surface area contributed by atoms with Crippen molar-refractivity contribution in [1.82, 2.24) is 19.9 Å². The topological polar surface area (TPSA) is 90.1 Å². The molecule has 9 heteroatoms. The predicted molar refractivity (Wildman–Crippen MR) is 127 cm³/mol. The van der Waals surface area contributed by atoms with Gasteiger partial charge in [-0.3, -0.25) is 9.36 Å². The number of halogens is 1. The number of nitriles is 1. The maximum absolute atomic E-state index is 14.5. The lowest BCUT2D eigenvalue weighted by Gasteiger charge is -2.25. The summed E-state index contributed by atoms with van der Waals surface area (Å²) in [6.45, 7) is 3.15. The zero-order valence-corrected chi connectivity index (χ0v) is 19.0. The summed E-state index contributed by atoms with van der Waals surface area (Å²) >= 11 is 0. The smallest absolute Gasteiger partial charge is 0.263 e. The summed E-state index contributed by atoms with van der Waals surface area (Å²) in [4.78, 5) is 26.9. The summed E-state index contributed by atoms with van der Waals surface area (Å²) in [5, 5.41) is 12.5. The Labute approximate surface area is 191 Å². The molecule has 4 rings (SSSR count). The maximum atomic E-state index is 14.5. The minimum Gasteiger partial charge on any atom is -0.363 e. The third kappa shape index (κ3) is 4.43. The SMILES string of the molecule is CN(C)c1ccc(-c2c(-c3ccc(C#N)c(F)c3)nc(N3CCCNCC3)n(C)c2=O)cn1. The van der Waals surface area contributed by atoms with E-state index in [1.54, 1.807) is 23.9 Å². The third-order valence-corrected chi connectivity index (χ3v) is 5.75. The van der Waals surface area contributed by atoms with Gasteiger partial charge >= 0.3 is 0 Å². The number of rotatable bonds is 4. The van der Waals surface area contributed by atoms with Crippen LogP contribution in [0.4, 0.5) is 16.2 Å². The highest BCUT2D eigenvalue weighted by Gasteiger charge is 2.23. The van der Waals surface area contributed by atoms with E-state index in [9.17, 15) is 9.18 Å². The van der Waals surface area contributed by atoms with Crippen LogP contribution in [0.2, 0.25) is 0 Å². The lowest BCUT2D eigenvalue weighted by molar-refractivity contribution is 0.624. The molecule has 0 bridgehead atoms. The Hall–Kier alpha value is -3.77. The van der Waals surface area contributed by atoms with Gasteiger partial charge in [-0.2, -0.15) is 5.26 Å². The Balaban J connectivity index is 1.94. The maximum Gasteiger partial charge on any atom is 0.263 e. The molecule has 0 atom stereocenters. The highest BCUT2D eigenvalue weighted by atomic mass is 19.1. The quantitative estimate of drug-likeness (QED) is 0.657. The largest absolute Gasteiger partial charge is 0.363 e. The molecule has 0 spiro atoms. The fourth-order valence-electron chi connectivity index (χ4n) is 3.94. The second-order valence-electron chi connectivity index (χ2n) is 8.20. The fourth-order valence-corrected chi connectivity index (χ4v) is 3.94. The second kappa shape index (κ2) is 9.38. The van der Waals surface area contributed by atoms with Crippen LogP contribution in [0.25, 0.3) is 22.4 Å². The fraction of sp³-hybridized carbons (Fsp3) is 0.333. The molecule has 0 aliphatic carbocycles. The molecule has 0 unspecified atom stereocenters. The Morgan fingerprint density at radius 1 is 1.15 bits per heavy atom. The zero-order chi connectivity index (χ0) is 23.5. The molecule has 1 aliphatic rings. The van der Waals surface area contributed by atoms with Crippen molar-refractivity contribution in [3.05, 3.63) is 58.3 Å². The molecular formula is C24H26FN7O. The molecule has 0 amide bonds. The first kappa shape index (κ1) is 22.4. The van der Waals surface area contributed by atoms with Crippen molar-refractivity contribution in [1.29, 1.82) is 5.26 Å². The van der Waals surface area contributed by atoms with Gasteiger partial charge in [0.15, 0.2) is 0 Å². The van der Waals surface area contributed by atoms with Crippen molar-refractivity contribution in [2.24, 2.45) is 7.05 Å². The highest BCUT2D eigenvalue weighted by Crippen LogP contribution is 2.31. The molecule has 3 aromatic rings. The van der Waals surface area contributed by atoms with E-state index in [0.29, 0.717) is 34.9 Å². The van der Waals surface area contributed by atoms with Gasteiger partial charge < -0.3 is 15.1 Å². The molecule has 0 saturated carbocycles. The molecule has 1 fully saturated rings. The van der Waals surface area contributed by atoms with Crippen molar-refractivity contribution in [3.63, 3.8) is 0 Å². The van der Waals surface area contributed by atoms with Gasteiger partial charge in [-0.1, -0.05) is 6.07 Å². The number of aromatic nitrogens is 3. The van der Waals surface area contributed by atoms with Crippen LogP contribution in [0.15, 0.2) is 41.3 Å². The summed E-state index contributed by atoms with van der Waals surface area (Å²) in [5.41, 5.74) is 1.45. The lowest BCUT2D eigenvalue weighted by Crippen LogP contribution is -2.35. The molecule has 8 nitrogen and oxygen atoms in total. The number of nitrogens with zero attached hydrogens (tertiary/aromatic N) is 6. The lowest BCUT2D eigenvalue weighted by atomic mass is 10.0. The van der Waals surface area contributed by atoms with Crippen molar-refractivity contribution in [3.8, 4) is 28.5 Å². The van der Waals surface area contributed by atoms with Gasteiger partial charge in [0, 0.05) is 58.1 Å². The Bertz CT molecular complexity index is 1250. The molecule has 3 heterocycles. The van der Waals surface area contributed by atoms with Crippen molar-refractivity contribution in [2.45, 2.75) is 6.42 Å². The summed E-state index contributed by atoms with van der Waals surface area (Å²) in [7, 11) is 5.48. The van der Waals surface area contributed by atoms with Gasteiger partial charge in [0.05, 0.1) is 16.8 Å².